The molecule has 0 aliphatic heterocycles. The molecule has 20 aromatic rings. The summed E-state index contributed by atoms with van der Waals surface area (Å²) in [4.78, 5) is 20.8. The van der Waals surface area contributed by atoms with Crippen molar-refractivity contribution in [3.05, 3.63) is 311 Å². The van der Waals surface area contributed by atoms with Gasteiger partial charge in [-0.05, 0) is 173 Å². The predicted molar refractivity (Wildman–Crippen MR) is 515 cm³/mol. The first-order chi connectivity index (χ1) is 59.5. The molecule has 0 atom stereocenters. The maximum absolute atomic E-state index is 5.75. The minimum absolute atomic E-state index is 0.0795. The molecule has 0 aliphatic rings. The summed E-state index contributed by atoms with van der Waals surface area (Å²) in [5.74, 6) is 2.71. The van der Waals surface area contributed by atoms with Crippen molar-refractivity contribution >= 4 is 130 Å². The van der Waals surface area contributed by atoms with Gasteiger partial charge in [0, 0.05) is 54.7 Å². The largest absolute Gasteiger partial charge is 0.493 e. The molecule has 0 N–H and O–H groups in total. The van der Waals surface area contributed by atoms with Crippen molar-refractivity contribution in [1.29, 1.82) is 0 Å². The standard InChI is InChI=1S/C32H35N2.C28H27N2O4.2C26H23N2/c1-20-16-23(32(5,6)7)18-26-25-17-22(31(2,3)4)14-15-24(25)29-30(28(20)26)34(8)19-27(33-29)21-12-10-9-11-13-21;1-16-25-19(13-24(33-5)28(16)34-6)18-12-22(31-3)23(32-4)14-20(18)26-27(25)30(2)15-21(29-26)17-10-8-7-9-11-17;1-16-9-8-12-20-22(16)23-17(2)13-14-18(3)24(23)26-25(20)27-21(15-28(26)4)19-10-6-5-7-11-19;1-16-10-11-20-21(13-16)22-14-17(2)12-18(3)24(22)26-25(20)27-23(15-28(26)4)19-8-6-5-7-9-19/h9-19H,1-8H3;7-15H,1-6H3;2*5-15H,1-4H3/q4*+1. The van der Waals surface area contributed by atoms with Crippen molar-refractivity contribution in [3.8, 4) is 68.0 Å². The zero-order valence-electron chi connectivity index (χ0n) is 75.5. The first-order valence-corrected chi connectivity index (χ1v) is 42.7. The summed E-state index contributed by atoms with van der Waals surface area (Å²) in [7, 11) is 15.1. The zero-order valence-corrected chi connectivity index (χ0v) is 75.5. The van der Waals surface area contributed by atoms with Gasteiger partial charge in [0.1, 0.15) is 73.0 Å². The molecule has 4 heterocycles. The normalized spacial score (nSPS) is 11.8. The third kappa shape index (κ3) is 14.7. The molecule has 12 heteroatoms. The summed E-state index contributed by atoms with van der Waals surface area (Å²) in [5.41, 5.74) is 30.0. The van der Waals surface area contributed by atoms with Crippen molar-refractivity contribution in [1.82, 2.24) is 19.9 Å². The molecule has 16 aromatic carbocycles. The van der Waals surface area contributed by atoms with Gasteiger partial charge in [-0.2, -0.15) is 18.3 Å². The van der Waals surface area contributed by atoms with Crippen LogP contribution in [0.25, 0.3) is 175 Å². The molecule has 0 fully saturated rings. The van der Waals surface area contributed by atoms with Gasteiger partial charge < -0.3 is 18.9 Å². The Morgan fingerprint density at radius 1 is 0.250 bits per heavy atom. The predicted octanol–water partition coefficient (Wildman–Crippen LogP) is 25.2. The molecule has 0 amide bonds. The Kier molecular flexibility index (Phi) is 21.6. The van der Waals surface area contributed by atoms with Gasteiger partial charge in [0.05, 0.1) is 50.0 Å². The second-order valence-electron chi connectivity index (χ2n) is 35.6. The van der Waals surface area contributed by atoms with Gasteiger partial charge in [-0.25, -0.2) is 19.9 Å². The van der Waals surface area contributed by atoms with Gasteiger partial charge in [-0.3, -0.25) is 0 Å². The third-order valence-electron chi connectivity index (χ3n) is 24.9. The quantitative estimate of drug-likeness (QED) is 0.109. The topological polar surface area (TPSA) is 104 Å². The van der Waals surface area contributed by atoms with Crippen LogP contribution in [-0.4, -0.2) is 48.4 Å². The van der Waals surface area contributed by atoms with E-state index in [-0.39, 0.29) is 10.8 Å². The molecule has 0 bridgehead atoms. The molecule has 0 saturated heterocycles. The number of aryl methyl sites for hydroxylation is 12. The first-order valence-electron chi connectivity index (χ1n) is 42.7. The van der Waals surface area contributed by atoms with Crippen LogP contribution in [-0.2, 0) is 39.0 Å². The smallest absolute Gasteiger partial charge is 0.239 e. The van der Waals surface area contributed by atoms with Crippen molar-refractivity contribution < 1.29 is 37.2 Å². The molecule has 616 valence electrons. The highest BCUT2D eigenvalue weighted by atomic mass is 16.5. The van der Waals surface area contributed by atoms with E-state index in [1.165, 1.54) is 131 Å². The minimum Gasteiger partial charge on any atom is -0.493 e. The summed E-state index contributed by atoms with van der Waals surface area (Å²) in [6.07, 6.45) is 8.54. The van der Waals surface area contributed by atoms with E-state index in [4.69, 9.17) is 38.9 Å². The highest BCUT2D eigenvalue weighted by Crippen LogP contribution is 2.48. The summed E-state index contributed by atoms with van der Waals surface area (Å²) < 4.78 is 31.6. The molecule has 12 nitrogen and oxygen atoms in total. The van der Waals surface area contributed by atoms with E-state index in [1.807, 2.05) is 48.5 Å². The lowest BCUT2D eigenvalue weighted by Gasteiger charge is -2.23. The van der Waals surface area contributed by atoms with Crippen molar-refractivity contribution in [2.45, 2.75) is 108 Å². The zero-order chi connectivity index (χ0) is 87.2. The summed E-state index contributed by atoms with van der Waals surface area (Å²) >= 11 is 0. The first kappa shape index (κ1) is 82.5. The lowest BCUT2D eigenvalue weighted by molar-refractivity contribution is -0.644. The average Bonchev–Trinajstić information content (AvgIpc) is 0.728. The molecular formula is C112H108N8O4+4. The molecule has 0 aliphatic carbocycles. The van der Waals surface area contributed by atoms with Gasteiger partial charge >= 0.3 is 0 Å². The number of hydrogen-bond acceptors (Lipinski definition) is 8. The Morgan fingerprint density at radius 3 is 1.08 bits per heavy atom. The summed E-state index contributed by atoms with van der Waals surface area (Å²) in [5, 5.41) is 19.5. The Morgan fingerprint density at radius 2 is 0.613 bits per heavy atom. The fourth-order valence-electron chi connectivity index (χ4n) is 18.8. The van der Waals surface area contributed by atoms with E-state index >= 15 is 0 Å². The van der Waals surface area contributed by atoms with Crippen LogP contribution in [0.15, 0.2) is 255 Å². The van der Waals surface area contributed by atoms with Gasteiger partial charge in [-0.15, -0.1) is 0 Å². The van der Waals surface area contributed by atoms with Crippen LogP contribution in [0, 0.1) is 55.4 Å². The number of rotatable bonds is 8. The Bertz CT molecular complexity index is 7730. The fraction of sp³-hybridized carbons (Fsp3) is 0.214. The van der Waals surface area contributed by atoms with Gasteiger partial charge in [-0.1, -0.05) is 253 Å². The highest BCUT2D eigenvalue weighted by Gasteiger charge is 2.30. The lowest BCUT2D eigenvalue weighted by atomic mass is 9.82. The van der Waals surface area contributed by atoms with Crippen LogP contribution in [0.5, 0.6) is 23.0 Å². The van der Waals surface area contributed by atoms with E-state index in [1.54, 1.807) is 28.4 Å². The second-order valence-corrected chi connectivity index (χ2v) is 35.6. The number of aromatic nitrogens is 8. The average molecular weight is 1630 g/mol. The van der Waals surface area contributed by atoms with Gasteiger partial charge in [0.15, 0.2) is 47.8 Å². The Hall–Kier alpha value is -13.8. The van der Waals surface area contributed by atoms with Gasteiger partial charge in [0.2, 0.25) is 22.1 Å². The van der Waals surface area contributed by atoms with Crippen LogP contribution >= 0.6 is 0 Å². The molecule has 20 rings (SSSR count). The molecule has 0 spiro atoms. The molecular weight excluding hydrogens is 1520 g/mol. The number of hydrogen-bond donors (Lipinski definition) is 0. The van der Waals surface area contributed by atoms with Crippen molar-refractivity contribution in [2.75, 3.05) is 28.4 Å². The van der Waals surface area contributed by atoms with Crippen molar-refractivity contribution in [2.24, 2.45) is 28.2 Å². The van der Waals surface area contributed by atoms with E-state index in [2.05, 4.69) is 350 Å². The number of benzene rings is 16. The van der Waals surface area contributed by atoms with Crippen molar-refractivity contribution in [3.63, 3.8) is 0 Å². The Labute approximate surface area is 726 Å². The number of nitrogens with zero attached hydrogens (tertiary/aromatic N) is 8. The minimum atomic E-state index is 0.0795. The number of ether oxygens (including phenoxy) is 4. The van der Waals surface area contributed by atoms with E-state index in [0.29, 0.717) is 23.0 Å². The SMILES string of the molecule is COc1cc2c(cc1OC)c1nc(-c3ccccc3)c[n+](C)c1c1c(C)c(OC)c(OC)cc21.Cc1cc(C(C)(C)C)cc2c3cc(C(C)(C)C)ccc3c3nc(-c4ccccc4)c[n+](C)c3c12.Cc1ccc2c(c1)c1cc(C)cc(C)c1c1c2nc(-c2ccccc2)c[n+]1C.Cc1cccc2c3nc(-c4ccccc4)c[n+](C)c3c3c(C)ccc(C)c3c12. The molecule has 0 saturated carbocycles. The monoisotopic (exact) mass is 1630 g/mol. The maximum Gasteiger partial charge on any atom is 0.239 e. The van der Waals surface area contributed by atoms with Crippen LogP contribution in [0.3, 0.4) is 0 Å². The van der Waals surface area contributed by atoms with E-state index in [9.17, 15) is 0 Å². The molecule has 0 radical (unpaired) electrons. The second kappa shape index (κ2) is 32.5. The van der Waals surface area contributed by atoms with Crippen LogP contribution in [0.4, 0.5) is 0 Å². The number of fused-ring (bicyclic) bond motifs is 24. The van der Waals surface area contributed by atoms with E-state index < -0.39 is 0 Å². The summed E-state index contributed by atoms with van der Waals surface area (Å²) in [6.45, 7) is 31.2. The third-order valence-corrected chi connectivity index (χ3v) is 24.9. The van der Waals surface area contributed by atoms with E-state index in [0.717, 1.165) is 99.7 Å². The highest BCUT2D eigenvalue weighted by molar-refractivity contribution is 6.28. The van der Waals surface area contributed by atoms with Crippen LogP contribution in [0.1, 0.15) is 97.2 Å². The number of methoxy groups -OCH3 is 4. The molecule has 0 unspecified atom stereocenters. The maximum atomic E-state index is 5.75. The molecule has 124 heavy (non-hydrogen) atoms. The summed E-state index contributed by atoms with van der Waals surface area (Å²) in [6, 6.07) is 81.6. The lowest BCUT2D eigenvalue weighted by Crippen LogP contribution is -2.30. The van der Waals surface area contributed by atoms with Crippen LogP contribution < -0.4 is 37.2 Å². The fourth-order valence-corrected chi connectivity index (χ4v) is 18.8. The Balaban J connectivity index is 0.000000118. The van der Waals surface area contributed by atoms with Gasteiger partial charge in [0.25, 0.3) is 0 Å². The van der Waals surface area contributed by atoms with Crippen LogP contribution in [0.2, 0.25) is 0 Å². The molecule has 4 aromatic heterocycles.